The molecule has 5 nitrogen and oxygen atoms in total. The lowest BCUT2D eigenvalue weighted by Gasteiger charge is -2.16. The Morgan fingerprint density at radius 2 is 2.12 bits per heavy atom. The van der Waals surface area contributed by atoms with Gasteiger partial charge in [-0.2, -0.15) is 16.9 Å². The summed E-state index contributed by atoms with van der Waals surface area (Å²) in [6.07, 6.45) is 2.86. The molecule has 1 unspecified atom stereocenters. The summed E-state index contributed by atoms with van der Waals surface area (Å²) >= 11 is 1.67. The maximum atomic E-state index is 13.1. The third-order valence-electron chi connectivity index (χ3n) is 3.78. The fraction of sp³-hybridized carbons (Fsp3) is 0.412. The van der Waals surface area contributed by atoms with E-state index in [0.29, 0.717) is 5.69 Å². The molecule has 0 spiro atoms. The molecule has 2 rings (SSSR count). The molecule has 1 aromatic heterocycles. The first-order chi connectivity index (χ1) is 11.5. The molecule has 0 fully saturated rings. The predicted octanol–water partition coefficient (Wildman–Crippen LogP) is 2.30. The van der Waals surface area contributed by atoms with E-state index >= 15 is 0 Å². The molecular weight excluding hydrogens is 329 g/mol. The minimum Gasteiger partial charge on any atom is -0.394 e. The zero-order valence-electron chi connectivity index (χ0n) is 13.8. The third kappa shape index (κ3) is 4.82. The first kappa shape index (κ1) is 18.5. The molecule has 0 aliphatic rings. The van der Waals surface area contributed by atoms with Gasteiger partial charge in [-0.25, -0.2) is 4.39 Å². The highest BCUT2D eigenvalue weighted by Crippen LogP contribution is 2.24. The highest BCUT2D eigenvalue weighted by molar-refractivity contribution is 7.98. The van der Waals surface area contributed by atoms with Gasteiger partial charge in [0.25, 0.3) is 0 Å². The molecule has 1 aromatic carbocycles. The van der Waals surface area contributed by atoms with Gasteiger partial charge in [-0.3, -0.25) is 9.89 Å². The number of halogens is 1. The summed E-state index contributed by atoms with van der Waals surface area (Å²) in [6.45, 7) is 1.77. The second kappa shape index (κ2) is 8.84. The van der Waals surface area contributed by atoms with E-state index in [1.165, 1.54) is 12.1 Å². The maximum Gasteiger partial charge on any atom is 0.224 e. The van der Waals surface area contributed by atoms with Crippen LogP contribution < -0.4 is 5.32 Å². The molecular formula is C17H22FN3O2S. The minimum atomic E-state index is -0.315. The number of H-pyrrole nitrogens is 1. The number of carbonyl (C=O) groups excluding carboxylic acids is 1. The van der Waals surface area contributed by atoms with Gasteiger partial charge in [0.1, 0.15) is 5.82 Å². The van der Waals surface area contributed by atoms with Gasteiger partial charge in [0, 0.05) is 16.8 Å². The predicted molar refractivity (Wildman–Crippen MR) is 94.4 cm³/mol. The number of hydrogen-bond acceptors (Lipinski definition) is 4. The fourth-order valence-corrected chi connectivity index (χ4v) is 2.94. The molecule has 3 N–H and O–H groups in total. The van der Waals surface area contributed by atoms with E-state index in [-0.39, 0.29) is 30.8 Å². The third-order valence-corrected chi connectivity index (χ3v) is 4.43. The second-order valence-electron chi connectivity index (χ2n) is 5.59. The molecule has 2 aromatic rings. The van der Waals surface area contributed by atoms with Crippen LogP contribution in [0.4, 0.5) is 4.39 Å². The zero-order valence-corrected chi connectivity index (χ0v) is 14.6. The summed E-state index contributed by atoms with van der Waals surface area (Å²) in [7, 11) is 0. The van der Waals surface area contributed by atoms with E-state index in [0.717, 1.165) is 29.0 Å². The van der Waals surface area contributed by atoms with E-state index in [9.17, 15) is 14.3 Å². The molecule has 0 bridgehead atoms. The van der Waals surface area contributed by atoms with Crippen molar-refractivity contribution in [3.63, 3.8) is 0 Å². The van der Waals surface area contributed by atoms with Gasteiger partial charge >= 0.3 is 0 Å². The number of aryl methyl sites for hydroxylation is 1. The van der Waals surface area contributed by atoms with E-state index < -0.39 is 0 Å². The summed E-state index contributed by atoms with van der Waals surface area (Å²) < 4.78 is 13.1. The Morgan fingerprint density at radius 1 is 1.42 bits per heavy atom. The highest BCUT2D eigenvalue weighted by Gasteiger charge is 2.18. The Morgan fingerprint density at radius 3 is 2.75 bits per heavy atom. The summed E-state index contributed by atoms with van der Waals surface area (Å²) in [5.74, 6) is 0.393. The van der Waals surface area contributed by atoms with Gasteiger partial charge in [-0.1, -0.05) is 0 Å². The van der Waals surface area contributed by atoms with Crippen LogP contribution in [0.1, 0.15) is 17.7 Å². The topological polar surface area (TPSA) is 78.0 Å². The summed E-state index contributed by atoms with van der Waals surface area (Å²) in [4.78, 5) is 12.3. The van der Waals surface area contributed by atoms with E-state index in [4.69, 9.17) is 0 Å². The summed E-state index contributed by atoms with van der Waals surface area (Å²) in [5, 5.41) is 19.3. The van der Waals surface area contributed by atoms with Gasteiger partial charge in [-0.05, 0) is 49.6 Å². The number of aromatic nitrogens is 2. The Labute approximate surface area is 145 Å². The quantitative estimate of drug-likeness (QED) is 0.682. The molecule has 1 heterocycles. The smallest absolute Gasteiger partial charge is 0.224 e. The van der Waals surface area contributed by atoms with Crippen LogP contribution in [0, 0.1) is 12.7 Å². The van der Waals surface area contributed by atoms with Gasteiger partial charge in [-0.15, -0.1) is 0 Å². The monoisotopic (exact) mass is 351 g/mol. The molecule has 0 aliphatic carbocycles. The Balaban J connectivity index is 2.10. The fourth-order valence-electron chi connectivity index (χ4n) is 2.42. The average Bonchev–Trinajstić information content (AvgIpc) is 2.93. The number of hydrogen-bond donors (Lipinski definition) is 3. The lowest BCUT2D eigenvalue weighted by Crippen LogP contribution is -2.38. The molecule has 24 heavy (non-hydrogen) atoms. The van der Waals surface area contributed by atoms with Crippen molar-refractivity contribution >= 4 is 17.7 Å². The molecule has 7 heteroatoms. The number of carbonyl (C=O) groups is 1. The van der Waals surface area contributed by atoms with Gasteiger partial charge < -0.3 is 10.4 Å². The van der Waals surface area contributed by atoms with E-state index in [1.54, 1.807) is 23.9 Å². The number of rotatable bonds is 8. The van der Waals surface area contributed by atoms with Crippen LogP contribution in [0.2, 0.25) is 0 Å². The first-order valence-corrected chi connectivity index (χ1v) is 9.13. The highest BCUT2D eigenvalue weighted by atomic mass is 32.2. The Kier molecular flexibility index (Phi) is 6.81. The maximum absolute atomic E-state index is 13.1. The van der Waals surface area contributed by atoms with Gasteiger partial charge in [0.2, 0.25) is 5.91 Å². The Hall–Kier alpha value is -1.86. The number of aliphatic hydroxyl groups is 1. The van der Waals surface area contributed by atoms with Crippen LogP contribution in [0.25, 0.3) is 11.3 Å². The lowest BCUT2D eigenvalue weighted by molar-refractivity contribution is -0.121. The second-order valence-corrected chi connectivity index (χ2v) is 6.57. The minimum absolute atomic E-state index is 0.0819. The number of aliphatic hydroxyl groups excluding tert-OH is 1. The van der Waals surface area contributed by atoms with Crippen molar-refractivity contribution in [1.82, 2.24) is 15.5 Å². The molecule has 0 saturated heterocycles. The van der Waals surface area contributed by atoms with Crippen molar-refractivity contribution in [1.29, 1.82) is 0 Å². The van der Waals surface area contributed by atoms with Crippen LogP contribution in [-0.2, 0) is 11.2 Å². The van der Waals surface area contributed by atoms with Crippen LogP contribution in [0.3, 0.4) is 0 Å². The molecule has 1 atom stereocenters. The zero-order chi connectivity index (χ0) is 17.5. The van der Waals surface area contributed by atoms with Crippen molar-refractivity contribution < 1.29 is 14.3 Å². The number of nitrogens with zero attached hydrogens (tertiary/aromatic N) is 1. The lowest BCUT2D eigenvalue weighted by atomic mass is 10.0. The normalized spacial score (nSPS) is 12.2. The summed E-state index contributed by atoms with van der Waals surface area (Å²) in [5.41, 5.74) is 2.98. The molecule has 1 amide bonds. The standard InChI is InChI=1S/C17H22FN3O2S/c1-11-15(9-16(23)19-14(10-22)7-8-24-2)17(21-20-11)12-3-5-13(18)6-4-12/h3-6,14,22H,7-10H2,1-2H3,(H,19,23)(H,20,21). The van der Waals surface area contributed by atoms with Crippen molar-refractivity contribution in [2.45, 2.75) is 25.8 Å². The van der Waals surface area contributed by atoms with Crippen LogP contribution in [-0.4, -0.2) is 45.9 Å². The van der Waals surface area contributed by atoms with E-state index in [2.05, 4.69) is 15.5 Å². The van der Waals surface area contributed by atoms with Crippen LogP contribution >= 0.6 is 11.8 Å². The van der Waals surface area contributed by atoms with E-state index in [1.807, 2.05) is 13.2 Å². The molecule has 0 aliphatic heterocycles. The van der Waals surface area contributed by atoms with Crippen molar-refractivity contribution in [3.8, 4) is 11.3 Å². The van der Waals surface area contributed by atoms with Crippen molar-refractivity contribution in [3.05, 3.63) is 41.3 Å². The number of benzene rings is 1. The average molecular weight is 351 g/mol. The van der Waals surface area contributed by atoms with Gasteiger partial charge in [0.05, 0.1) is 24.8 Å². The number of aromatic amines is 1. The summed E-state index contributed by atoms with van der Waals surface area (Å²) in [6, 6.07) is 5.77. The SMILES string of the molecule is CSCCC(CO)NC(=O)Cc1c(-c2ccc(F)cc2)n[nH]c1C. The Bertz CT molecular complexity index is 673. The number of nitrogens with one attached hydrogen (secondary N) is 2. The number of amides is 1. The van der Waals surface area contributed by atoms with Crippen molar-refractivity contribution in [2.24, 2.45) is 0 Å². The molecule has 0 radical (unpaired) electrons. The molecule has 0 saturated carbocycles. The largest absolute Gasteiger partial charge is 0.394 e. The van der Waals surface area contributed by atoms with Gasteiger partial charge in [0.15, 0.2) is 0 Å². The van der Waals surface area contributed by atoms with Crippen molar-refractivity contribution in [2.75, 3.05) is 18.6 Å². The van der Waals surface area contributed by atoms with Crippen LogP contribution in [0.5, 0.6) is 0 Å². The molecule has 130 valence electrons. The number of thioether (sulfide) groups is 1. The first-order valence-electron chi connectivity index (χ1n) is 7.74. The van der Waals surface area contributed by atoms with Crippen LogP contribution in [0.15, 0.2) is 24.3 Å².